The molecule has 2 heterocycles. The Kier molecular flexibility index (Phi) is 6.40. The normalized spacial score (nSPS) is 21.0. The SMILES string of the molecule is O=C(NC[C@H]1COCCO1)Nc1cc(C(F)(F)F)ccc1N1CCOCC1. The maximum absolute atomic E-state index is 13.1. The maximum atomic E-state index is 13.1. The summed E-state index contributed by atoms with van der Waals surface area (Å²) < 4.78 is 55.2. The van der Waals surface area contributed by atoms with E-state index in [1.807, 2.05) is 4.90 Å². The molecular formula is C17H22F3N3O4. The third-order valence-corrected chi connectivity index (χ3v) is 4.30. The van der Waals surface area contributed by atoms with Crippen molar-refractivity contribution in [2.45, 2.75) is 12.3 Å². The zero-order valence-electron chi connectivity index (χ0n) is 14.7. The standard InChI is InChI=1S/C17H22F3N3O4/c18-17(19,20)12-1-2-15(23-3-5-25-6-4-23)14(9-12)22-16(24)21-10-13-11-26-7-8-27-13/h1-2,9,13H,3-8,10-11H2,(H2,21,22,24)/t13-/m0/s1. The zero-order chi connectivity index (χ0) is 19.3. The summed E-state index contributed by atoms with van der Waals surface area (Å²) in [6, 6.07) is 2.74. The highest BCUT2D eigenvalue weighted by atomic mass is 19.4. The van der Waals surface area contributed by atoms with Gasteiger partial charge in [-0.3, -0.25) is 0 Å². The number of alkyl halides is 3. The van der Waals surface area contributed by atoms with Crippen molar-refractivity contribution in [3.05, 3.63) is 23.8 Å². The highest BCUT2D eigenvalue weighted by molar-refractivity contribution is 5.93. The van der Waals surface area contributed by atoms with Crippen LogP contribution in [0.3, 0.4) is 0 Å². The molecule has 10 heteroatoms. The Hall–Kier alpha value is -2.04. The van der Waals surface area contributed by atoms with Gasteiger partial charge < -0.3 is 29.7 Å². The molecule has 2 saturated heterocycles. The summed E-state index contributed by atoms with van der Waals surface area (Å²) in [4.78, 5) is 14.1. The topological polar surface area (TPSA) is 72.1 Å². The van der Waals surface area contributed by atoms with Crippen molar-refractivity contribution in [2.75, 3.05) is 62.9 Å². The van der Waals surface area contributed by atoms with Crippen molar-refractivity contribution < 1.29 is 32.2 Å². The fourth-order valence-electron chi connectivity index (χ4n) is 2.92. The van der Waals surface area contributed by atoms with E-state index < -0.39 is 17.8 Å². The number of carbonyl (C=O) groups excluding carboxylic acids is 1. The summed E-state index contributed by atoms with van der Waals surface area (Å²) >= 11 is 0. The quantitative estimate of drug-likeness (QED) is 0.825. The largest absolute Gasteiger partial charge is 0.416 e. The number of rotatable bonds is 4. The average Bonchev–Trinajstić information content (AvgIpc) is 2.67. The van der Waals surface area contributed by atoms with Crippen LogP contribution in [0.2, 0.25) is 0 Å². The van der Waals surface area contributed by atoms with Gasteiger partial charge in [0.1, 0.15) is 0 Å². The third-order valence-electron chi connectivity index (χ3n) is 4.30. The summed E-state index contributed by atoms with van der Waals surface area (Å²) in [5.74, 6) is 0. The van der Waals surface area contributed by atoms with E-state index in [2.05, 4.69) is 10.6 Å². The van der Waals surface area contributed by atoms with Crippen LogP contribution in [0.25, 0.3) is 0 Å². The Morgan fingerprint density at radius 3 is 2.59 bits per heavy atom. The summed E-state index contributed by atoms with van der Waals surface area (Å²) in [7, 11) is 0. The molecule has 0 aromatic heterocycles. The van der Waals surface area contributed by atoms with Gasteiger partial charge in [-0.05, 0) is 18.2 Å². The van der Waals surface area contributed by atoms with Gasteiger partial charge in [0.25, 0.3) is 0 Å². The predicted octanol–water partition coefficient (Wildman–Crippen LogP) is 2.08. The summed E-state index contributed by atoms with van der Waals surface area (Å²) in [5, 5.41) is 5.14. The first-order chi connectivity index (χ1) is 12.9. The number of morpholine rings is 1. The fourth-order valence-corrected chi connectivity index (χ4v) is 2.92. The van der Waals surface area contributed by atoms with Crippen LogP contribution < -0.4 is 15.5 Å². The van der Waals surface area contributed by atoms with Gasteiger partial charge in [-0.1, -0.05) is 0 Å². The van der Waals surface area contributed by atoms with Gasteiger partial charge in [0.2, 0.25) is 0 Å². The summed E-state index contributed by atoms with van der Waals surface area (Å²) in [6.07, 6.45) is -4.77. The lowest BCUT2D eigenvalue weighted by Crippen LogP contribution is -2.41. The van der Waals surface area contributed by atoms with Crippen LogP contribution in [0.1, 0.15) is 5.56 Å². The Balaban J connectivity index is 1.70. The van der Waals surface area contributed by atoms with E-state index in [0.29, 0.717) is 51.8 Å². The molecule has 0 saturated carbocycles. The molecule has 2 amide bonds. The second-order valence-electron chi connectivity index (χ2n) is 6.23. The second kappa shape index (κ2) is 8.77. The highest BCUT2D eigenvalue weighted by Gasteiger charge is 2.32. The van der Waals surface area contributed by atoms with E-state index in [1.54, 1.807) is 0 Å². The number of carbonyl (C=O) groups is 1. The van der Waals surface area contributed by atoms with Crippen LogP contribution in [-0.2, 0) is 20.4 Å². The van der Waals surface area contributed by atoms with Gasteiger partial charge in [-0.15, -0.1) is 0 Å². The van der Waals surface area contributed by atoms with Crippen LogP contribution in [0.5, 0.6) is 0 Å². The number of amides is 2. The molecule has 0 bridgehead atoms. The van der Waals surface area contributed by atoms with Gasteiger partial charge in [-0.2, -0.15) is 13.2 Å². The van der Waals surface area contributed by atoms with Crippen molar-refractivity contribution in [3.8, 4) is 0 Å². The third kappa shape index (κ3) is 5.47. The van der Waals surface area contributed by atoms with Crippen LogP contribution >= 0.6 is 0 Å². The molecule has 0 unspecified atom stereocenters. The second-order valence-corrected chi connectivity index (χ2v) is 6.23. The smallest absolute Gasteiger partial charge is 0.378 e. The molecule has 7 nitrogen and oxygen atoms in total. The van der Waals surface area contributed by atoms with E-state index in [1.165, 1.54) is 6.07 Å². The summed E-state index contributed by atoms with van der Waals surface area (Å²) in [5.41, 5.74) is -0.192. The number of hydrogen-bond acceptors (Lipinski definition) is 5. The summed E-state index contributed by atoms with van der Waals surface area (Å²) in [6.45, 7) is 3.56. The lowest BCUT2D eigenvalue weighted by atomic mass is 10.1. The molecule has 27 heavy (non-hydrogen) atoms. The number of anilines is 2. The molecule has 3 rings (SSSR count). The zero-order valence-corrected chi connectivity index (χ0v) is 14.7. The van der Waals surface area contributed by atoms with Gasteiger partial charge >= 0.3 is 12.2 Å². The Bertz CT molecular complexity index is 645. The molecule has 0 radical (unpaired) electrons. The fraction of sp³-hybridized carbons (Fsp3) is 0.588. The molecule has 2 N–H and O–H groups in total. The molecule has 1 atom stereocenters. The lowest BCUT2D eigenvalue weighted by molar-refractivity contribution is -0.137. The van der Waals surface area contributed by atoms with Gasteiger partial charge in [-0.25, -0.2) is 4.79 Å². The Morgan fingerprint density at radius 2 is 1.93 bits per heavy atom. The number of ether oxygens (including phenoxy) is 3. The van der Waals surface area contributed by atoms with Crippen molar-refractivity contribution in [2.24, 2.45) is 0 Å². The van der Waals surface area contributed by atoms with Gasteiger partial charge in [0.05, 0.1) is 56.1 Å². The minimum absolute atomic E-state index is 0.102. The van der Waals surface area contributed by atoms with Crippen molar-refractivity contribution in [3.63, 3.8) is 0 Å². The van der Waals surface area contributed by atoms with Gasteiger partial charge in [0, 0.05) is 19.6 Å². The first-order valence-corrected chi connectivity index (χ1v) is 8.71. The van der Waals surface area contributed by atoms with Crippen LogP contribution in [-0.4, -0.2) is 64.8 Å². The molecule has 1 aromatic carbocycles. The Labute approximate surface area is 154 Å². The highest BCUT2D eigenvalue weighted by Crippen LogP contribution is 2.35. The van der Waals surface area contributed by atoms with Crippen molar-refractivity contribution >= 4 is 17.4 Å². The van der Waals surface area contributed by atoms with E-state index in [9.17, 15) is 18.0 Å². The number of hydrogen-bond donors (Lipinski definition) is 2. The van der Waals surface area contributed by atoms with E-state index >= 15 is 0 Å². The molecule has 0 spiro atoms. The number of nitrogens with zero attached hydrogens (tertiary/aromatic N) is 1. The van der Waals surface area contributed by atoms with E-state index in [4.69, 9.17) is 14.2 Å². The monoisotopic (exact) mass is 389 g/mol. The molecule has 2 aliphatic rings. The Morgan fingerprint density at radius 1 is 1.15 bits per heavy atom. The van der Waals surface area contributed by atoms with E-state index in [0.717, 1.165) is 12.1 Å². The van der Waals surface area contributed by atoms with Gasteiger partial charge in [0.15, 0.2) is 0 Å². The molecule has 2 fully saturated rings. The number of benzene rings is 1. The molecular weight excluding hydrogens is 367 g/mol. The molecule has 150 valence electrons. The van der Waals surface area contributed by atoms with E-state index in [-0.39, 0.29) is 18.3 Å². The number of halogens is 3. The molecule has 1 aromatic rings. The number of urea groups is 1. The minimum Gasteiger partial charge on any atom is -0.378 e. The van der Waals surface area contributed by atoms with Crippen LogP contribution in [0.4, 0.5) is 29.3 Å². The predicted molar refractivity (Wildman–Crippen MR) is 92.1 cm³/mol. The maximum Gasteiger partial charge on any atom is 0.416 e. The average molecular weight is 389 g/mol. The lowest BCUT2D eigenvalue weighted by Gasteiger charge is -2.31. The van der Waals surface area contributed by atoms with Crippen molar-refractivity contribution in [1.29, 1.82) is 0 Å². The molecule has 0 aliphatic carbocycles. The van der Waals surface area contributed by atoms with Crippen LogP contribution in [0, 0.1) is 0 Å². The molecule has 2 aliphatic heterocycles. The minimum atomic E-state index is -4.50. The van der Waals surface area contributed by atoms with Crippen LogP contribution in [0.15, 0.2) is 18.2 Å². The number of nitrogens with one attached hydrogen (secondary N) is 2. The first kappa shape index (κ1) is 19.7. The first-order valence-electron chi connectivity index (χ1n) is 8.71. The van der Waals surface area contributed by atoms with Crippen molar-refractivity contribution in [1.82, 2.24) is 5.32 Å².